The fraction of sp³-hybridized carbons (Fsp3) is 0.462. The number of hydrogen-bond donors (Lipinski definition) is 2. The molecule has 1 amide bonds. The first-order valence-corrected chi connectivity index (χ1v) is 6.18. The molecule has 0 bridgehead atoms. The van der Waals surface area contributed by atoms with Gasteiger partial charge in [0.2, 0.25) is 5.91 Å². The smallest absolute Gasteiger partial charge is 0.378 e. The predicted octanol–water partition coefficient (Wildman–Crippen LogP) is 1.94. The molecule has 0 spiro atoms. The van der Waals surface area contributed by atoms with E-state index < -0.39 is 23.7 Å². The van der Waals surface area contributed by atoms with Crippen molar-refractivity contribution in [2.24, 2.45) is 0 Å². The number of rotatable bonds is 2. The third kappa shape index (κ3) is 3.49. The molecule has 0 saturated carbocycles. The van der Waals surface area contributed by atoms with Crippen LogP contribution in [0.1, 0.15) is 11.1 Å². The first kappa shape index (κ1) is 14.8. The normalized spacial score (nSPS) is 19.7. The lowest BCUT2D eigenvalue weighted by molar-refractivity contribution is -0.138. The molecule has 1 aromatic carbocycles. The number of hydrogen-bond acceptors (Lipinski definition) is 3. The molecule has 1 fully saturated rings. The number of carbonyl (C=O) groups excluding carboxylic acids is 1. The van der Waals surface area contributed by atoms with Gasteiger partial charge in [-0.2, -0.15) is 13.2 Å². The predicted molar refractivity (Wildman–Crippen MR) is 67.4 cm³/mol. The lowest BCUT2D eigenvalue weighted by atomic mass is 10.1. The van der Waals surface area contributed by atoms with Crippen molar-refractivity contribution in [2.45, 2.75) is 19.1 Å². The average molecular weight is 288 g/mol. The molecule has 7 heteroatoms. The number of aryl methyl sites for hydroxylation is 1. The molecule has 20 heavy (non-hydrogen) atoms. The van der Waals surface area contributed by atoms with E-state index in [9.17, 15) is 18.0 Å². The molecule has 4 nitrogen and oxygen atoms in total. The van der Waals surface area contributed by atoms with Gasteiger partial charge >= 0.3 is 6.18 Å². The Balaban J connectivity index is 2.11. The Bertz CT molecular complexity index is 497. The third-order valence-electron chi connectivity index (χ3n) is 3.05. The second-order valence-electron chi connectivity index (χ2n) is 4.60. The second kappa shape index (κ2) is 5.80. The van der Waals surface area contributed by atoms with Crippen molar-refractivity contribution in [2.75, 3.05) is 25.1 Å². The summed E-state index contributed by atoms with van der Waals surface area (Å²) in [6, 6.07) is 3.19. The summed E-state index contributed by atoms with van der Waals surface area (Å²) in [5.74, 6) is -0.401. The molecule has 1 aliphatic rings. The Kier molecular flexibility index (Phi) is 4.29. The lowest BCUT2D eigenvalue weighted by Gasteiger charge is -2.23. The van der Waals surface area contributed by atoms with Crippen LogP contribution in [0.5, 0.6) is 0 Å². The third-order valence-corrected chi connectivity index (χ3v) is 3.05. The summed E-state index contributed by atoms with van der Waals surface area (Å²) in [7, 11) is 0. The van der Waals surface area contributed by atoms with Gasteiger partial charge in [-0.1, -0.05) is 6.07 Å². The van der Waals surface area contributed by atoms with Gasteiger partial charge in [0, 0.05) is 12.2 Å². The van der Waals surface area contributed by atoms with Gasteiger partial charge in [-0.3, -0.25) is 4.79 Å². The van der Waals surface area contributed by atoms with E-state index >= 15 is 0 Å². The van der Waals surface area contributed by atoms with E-state index in [1.165, 1.54) is 19.1 Å². The summed E-state index contributed by atoms with van der Waals surface area (Å²) in [5, 5.41) is 5.41. The van der Waals surface area contributed by atoms with Gasteiger partial charge in [-0.05, 0) is 24.6 Å². The van der Waals surface area contributed by atoms with E-state index in [-0.39, 0.29) is 17.9 Å². The highest BCUT2D eigenvalue weighted by atomic mass is 19.4. The molecule has 1 unspecified atom stereocenters. The largest absolute Gasteiger partial charge is 0.416 e. The number of carbonyl (C=O) groups is 1. The zero-order valence-corrected chi connectivity index (χ0v) is 10.9. The van der Waals surface area contributed by atoms with E-state index in [1.54, 1.807) is 0 Å². The molecule has 0 radical (unpaired) electrons. The quantitative estimate of drug-likeness (QED) is 0.874. The van der Waals surface area contributed by atoms with E-state index in [0.717, 1.165) is 6.07 Å². The Morgan fingerprint density at radius 1 is 1.45 bits per heavy atom. The molecule has 0 aliphatic carbocycles. The van der Waals surface area contributed by atoms with Crippen LogP contribution in [0.25, 0.3) is 0 Å². The molecule has 2 N–H and O–H groups in total. The van der Waals surface area contributed by atoms with Crippen LogP contribution >= 0.6 is 0 Å². The number of amides is 1. The first-order valence-electron chi connectivity index (χ1n) is 6.18. The molecule has 110 valence electrons. The number of morpholine rings is 1. The zero-order chi connectivity index (χ0) is 14.8. The molecule has 1 heterocycles. The SMILES string of the molecule is Cc1ccc(NC(=O)C2COCCN2)cc1C(F)(F)F. The van der Waals surface area contributed by atoms with Crippen molar-refractivity contribution in [3.63, 3.8) is 0 Å². The number of ether oxygens (including phenoxy) is 1. The maximum absolute atomic E-state index is 12.8. The van der Waals surface area contributed by atoms with E-state index in [4.69, 9.17) is 4.74 Å². The van der Waals surface area contributed by atoms with Crippen LogP contribution in [-0.4, -0.2) is 31.7 Å². The number of anilines is 1. The average Bonchev–Trinajstić information content (AvgIpc) is 2.40. The summed E-state index contributed by atoms with van der Waals surface area (Å²) in [4.78, 5) is 11.9. The minimum Gasteiger partial charge on any atom is -0.378 e. The minimum atomic E-state index is -4.43. The Hall–Kier alpha value is -1.60. The highest BCUT2D eigenvalue weighted by Gasteiger charge is 2.32. The van der Waals surface area contributed by atoms with Crippen molar-refractivity contribution in [1.29, 1.82) is 0 Å². The van der Waals surface area contributed by atoms with Crippen LogP contribution in [0.3, 0.4) is 0 Å². The number of alkyl halides is 3. The second-order valence-corrected chi connectivity index (χ2v) is 4.60. The van der Waals surface area contributed by atoms with E-state index in [2.05, 4.69) is 10.6 Å². The van der Waals surface area contributed by atoms with Crippen LogP contribution in [0, 0.1) is 6.92 Å². The highest BCUT2D eigenvalue weighted by Crippen LogP contribution is 2.33. The van der Waals surface area contributed by atoms with Gasteiger partial charge in [0.15, 0.2) is 0 Å². The summed E-state index contributed by atoms with van der Waals surface area (Å²) in [5.41, 5.74) is -0.502. The number of benzene rings is 1. The molecule has 1 saturated heterocycles. The van der Waals surface area contributed by atoms with E-state index in [1.807, 2.05) is 0 Å². The van der Waals surface area contributed by atoms with E-state index in [0.29, 0.717) is 13.2 Å². The van der Waals surface area contributed by atoms with Gasteiger partial charge in [0.25, 0.3) is 0 Å². The molecule has 2 rings (SSSR count). The minimum absolute atomic E-state index is 0.120. The van der Waals surface area contributed by atoms with Gasteiger partial charge < -0.3 is 15.4 Å². The van der Waals surface area contributed by atoms with Crippen LogP contribution in [0.4, 0.5) is 18.9 Å². The van der Waals surface area contributed by atoms with Crippen molar-refractivity contribution < 1.29 is 22.7 Å². The number of halogens is 3. The number of nitrogens with one attached hydrogen (secondary N) is 2. The Morgan fingerprint density at radius 3 is 2.80 bits per heavy atom. The maximum atomic E-state index is 12.8. The molecular formula is C13H15F3N2O2. The highest BCUT2D eigenvalue weighted by molar-refractivity contribution is 5.95. The van der Waals surface area contributed by atoms with Crippen molar-refractivity contribution in [3.8, 4) is 0 Å². The molecular weight excluding hydrogens is 273 g/mol. The molecule has 1 aliphatic heterocycles. The van der Waals surface area contributed by atoms with Gasteiger partial charge in [0.05, 0.1) is 18.8 Å². The van der Waals surface area contributed by atoms with Crippen LogP contribution in [0.2, 0.25) is 0 Å². The summed E-state index contributed by atoms with van der Waals surface area (Å²) >= 11 is 0. The van der Waals surface area contributed by atoms with Crippen molar-refractivity contribution in [3.05, 3.63) is 29.3 Å². The molecule has 0 aromatic heterocycles. The van der Waals surface area contributed by atoms with Crippen LogP contribution in [-0.2, 0) is 15.7 Å². The fourth-order valence-electron chi connectivity index (χ4n) is 1.97. The Morgan fingerprint density at radius 2 is 2.20 bits per heavy atom. The fourth-order valence-corrected chi connectivity index (χ4v) is 1.97. The van der Waals surface area contributed by atoms with Crippen molar-refractivity contribution >= 4 is 11.6 Å². The van der Waals surface area contributed by atoms with Gasteiger partial charge in [-0.15, -0.1) is 0 Å². The first-order chi connectivity index (χ1) is 9.38. The molecule has 1 aromatic rings. The summed E-state index contributed by atoms with van der Waals surface area (Å²) in [6.45, 7) is 2.65. The lowest BCUT2D eigenvalue weighted by Crippen LogP contribution is -2.48. The zero-order valence-electron chi connectivity index (χ0n) is 10.9. The van der Waals surface area contributed by atoms with Gasteiger partial charge in [-0.25, -0.2) is 0 Å². The Labute approximate surface area is 114 Å². The standard InChI is InChI=1S/C13H15F3N2O2/c1-8-2-3-9(6-10(8)13(14,15)16)18-12(19)11-7-20-5-4-17-11/h2-3,6,11,17H,4-5,7H2,1H3,(H,18,19). The molecule has 1 atom stereocenters. The topological polar surface area (TPSA) is 50.4 Å². The van der Waals surface area contributed by atoms with Gasteiger partial charge in [0.1, 0.15) is 6.04 Å². The summed E-state index contributed by atoms with van der Waals surface area (Å²) < 4.78 is 43.5. The summed E-state index contributed by atoms with van der Waals surface area (Å²) in [6.07, 6.45) is -4.43. The maximum Gasteiger partial charge on any atom is 0.416 e. The van der Waals surface area contributed by atoms with Crippen LogP contribution in [0.15, 0.2) is 18.2 Å². The van der Waals surface area contributed by atoms with Crippen molar-refractivity contribution in [1.82, 2.24) is 5.32 Å². The van der Waals surface area contributed by atoms with Crippen LogP contribution < -0.4 is 10.6 Å². The monoisotopic (exact) mass is 288 g/mol.